The van der Waals surface area contributed by atoms with Gasteiger partial charge in [0.1, 0.15) is 5.75 Å². The van der Waals surface area contributed by atoms with Gasteiger partial charge in [-0.1, -0.05) is 25.4 Å². The van der Waals surface area contributed by atoms with Crippen LogP contribution in [-0.4, -0.2) is 45.6 Å². The molecule has 1 atom stereocenters. The Labute approximate surface area is 142 Å². The lowest BCUT2D eigenvalue weighted by atomic mass is 10.2. The number of quaternary nitrogens is 1. The van der Waals surface area contributed by atoms with Crippen LogP contribution in [-0.2, 0) is 9.59 Å². The van der Waals surface area contributed by atoms with Crippen molar-refractivity contribution < 1.29 is 19.2 Å². The number of amides is 2. The van der Waals surface area contributed by atoms with Crippen molar-refractivity contribution in [2.24, 2.45) is 5.92 Å². The first-order chi connectivity index (χ1) is 10.8. The second-order valence-electron chi connectivity index (χ2n) is 5.90. The molecule has 2 amide bonds. The summed E-state index contributed by atoms with van der Waals surface area (Å²) in [6.07, 6.45) is 0. The van der Waals surface area contributed by atoms with E-state index in [2.05, 4.69) is 10.6 Å². The van der Waals surface area contributed by atoms with Crippen LogP contribution >= 0.6 is 11.6 Å². The highest BCUT2D eigenvalue weighted by atomic mass is 35.5. The van der Waals surface area contributed by atoms with Crippen LogP contribution in [0.3, 0.4) is 0 Å². The van der Waals surface area contributed by atoms with Crippen molar-refractivity contribution in [1.82, 2.24) is 5.32 Å². The van der Waals surface area contributed by atoms with Gasteiger partial charge in [0, 0.05) is 11.6 Å². The van der Waals surface area contributed by atoms with E-state index in [-0.39, 0.29) is 24.9 Å². The third-order valence-electron chi connectivity index (χ3n) is 3.07. The van der Waals surface area contributed by atoms with Crippen molar-refractivity contribution in [2.75, 3.05) is 39.1 Å². The minimum atomic E-state index is -0.209. The summed E-state index contributed by atoms with van der Waals surface area (Å²) in [6.45, 7) is 5.11. The molecule has 23 heavy (non-hydrogen) atoms. The van der Waals surface area contributed by atoms with E-state index in [0.717, 1.165) is 4.90 Å². The molecule has 6 nitrogen and oxygen atoms in total. The van der Waals surface area contributed by atoms with E-state index in [1.165, 1.54) is 7.11 Å². The smallest absolute Gasteiger partial charge is 0.279 e. The first-order valence-corrected chi connectivity index (χ1v) is 7.91. The van der Waals surface area contributed by atoms with Crippen molar-refractivity contribution >= 4 is 29.1 Å². The summed E-state index contributed by atoms with van der Waals surface area (Å²) < 4.78 is 5.18. The molecule has 0 aliphatic carbocycles. The monoisotopic (exact) mass is 342 g/mol. The van der Waals surface area contributed by atoms with Crippen LogP contribution in [0.2, 0.25) is 5.02 Å². The van der Waals surface area contributed by atoms with Crippen LogP contribution in [0.1, 0.15) is 13.8 Å². The molecule has 0 fully saturated rings. The van der Waals surface area contributed by atoms with Crippen molar-refractivity contribution in [1.29, 1.82) is 0 Å². The first kappa shape index (κ1) is 19.3. The van der Waals surface area contributed by atoms with Crippen molar-refractivity contribution in [3.05, 3.63) is 23.2 Å². The molecule has 0 bridgehead atoms. The highest BCUT2D eigenvalue weighted by molar-refractivity contribution is 6.31. The van der Waals surface area contributed by atoms with Crippen LogP contribution in [0.5, 0.6) is 5.75 Å². The molecule has 1 rings (SSSR count). The Morgan fingerprint density at radius 3 is 2.52 bits per heavy atom. The highest BCUT2D eigenvalue weighted by Gasteiger charge is 2.16. The number of hydrogen-bond donors (Lipinski definition) is 3. The molecule has 0 aromatic heterocycles. The Bertz CT molecular complexity index is 549. The fourth-order valence-corrected chi connectivity index (χ4v) is 2.14. The molecular weight excluding hydrogens is 318 g/mol. The van der Waals surface area contributed by atoms with Gasteiger partial charge >= 0.3 is 0 Å². The summed E-state index contributed by atoms with van der Waals surface area (Å²) >= 11 is 5.93. The molecule has 1 aromatic rings. The second-order valence-corrected chi connectivity index (χ2v) is 6.34. The standard InChI is InChI=1S/C16H24ClN3O3/c1-11(2)8-18-15(21)9-20(3)10-16(22)19-13-7-12(17)5-6-14(13)23-4/h5-7,11H,8-10H2,1-4H3,(H,18,21)(H,19,22)/p+1. The second kappa shape index (κ2) is 9.37. The molecule has 0 radical (unpaired) electrons. The lowest BCUT2D eigenvalue weighted by molar-refractivity contribution is -0.862. The molecule has 0 saturated heterocycles. The van der Waals surface area contributed by atoms with Crippen molar-refractivity contribution in [2.45, 2.75) is 13.8 Å². The zero-order valence-corrected chi connectivity index (χ0v) is 14.8. The largest absolute Gasteiger partial charge is 0.495 e. The zero-order valence-electron chi connectivity index (χ0n) is 14.0. The topological polar surface area (TPSA) is 71.9 Å². The SMILES string of the molecule is COc1ccc(Cl)cc1NC(=O)C[NH+](C)CC(=O)NCC(C)C. The van der Waals surface area contributed by atoms with Gasteiger partial charge in [-0.3, -0.25) is 9.59 Å². The molecule has 7 heteroatoms. The number of nitrogens with one attached hydrogen (secondary N) is 3. The summed E-state index contributed by atoms with van der Waals surface area (Å²) in [5.41, 5.74) is 0.516. The molecule has 0 heterocycles. The maximum Gasteiger partial charge on any atom is 0.279 e. The number of halogens is 1. The van der Waals surface area contributed by atoms with E-state index in [1.807, 2.05) is 13.8 Å². The average Bonchev–Trinajstić information content (AvgIpc) is 2.45. The molecule has 128 valence electrons. The number of methoxy groups -OCH3 is 1. The Balaban J connectivity index is 2.50. The zero-order chi connectivity index (χ0) is 17.4. The Morgan fingerprint density at radius 1 is 1.26 bits per heavy atom. The third kappa shape index (κ3) is 7.34. The number of benzene rings is 1. The molecule has 0 spiro atoms. The van der Waals surface area contributed by atoms with Crippen LogP contribution in [0, 0.1) is 5.92 Å². The van der Waals surface area contributed by atoms with Gasteiger partial charge in [0.2, 0.25) is 0 Å². The normalized spacial score (nSPS) is 11.9. The maximum absolute atomic E-state index is 12.1. The van der Waals surface area contributed by atoms with E-state index in [9.17, 15) is 9.59 Å². The van der Waals surface area contributed by atoms with Gasteiger partial charge in [-0.25, -0.2) is 0 Å². The summed E-state index contributed by atoms with van der Waals surface area (Å²) in [4.78, 5) is 24.6. The van der Waals surface area contributed by atoms with Gasteiger partial charge in [0.25, 0.3) is 11.8 Å². The number of carbonyl (C=O) groups excluding carboxylic acids is 2. The quantitative estimate of drug-likeness (QED) is 0.647. The highest BCUT2D eigenvalue weighted by Crippen LogP contribution is 2.27. The minimum Gasteiger partial charge on any atom is -0.495 e. The van der Waals surface area contributed by atoms with Gasteiger partial charge in [-0.05, 0) is 24.1 Å². The summed E-state index contributed by atoms with van der Waals surface area (Å²) in [5.74, 6) is 0.664. The molecular formula is C16H25ClN3O3+. The molecule has 0 saturated carbocycles. The summed E-state index contributed by atoms with van der Waals surface area (Å²) in [5, 5.41) is 6.10. The predicted octanol–water partition coefficient (Wildman–Crippen LogP) is 0.574. The van der Waals surface area contributed by atoms with E-state index in [4.69, 9.17) is 16.3 Å². The van der Waals surface area contributed by atoms with Gasteiger partial charge in [0.05, 0.1) is 19.8 Å². The van der Waals surface area contributed by atoms with E-state index >= 15 is 0 Å². The predicted molar refractivity (Wildman–Crippen MR) is 91.1 cm³/mol. The van der Waals surface area contributed by atoms with Gasteiger partial charge in [-0.2, -0.15) is 0 Å². The number of anilines is 1. The van der Waals surface area contributed by atoms with E-state index in [1.54, 1.807) is 25.2 Å². The first-order valence-electron chi connectivity index (χ1n) is 7.53. The van der Waals surface area contributed by atoms with Crippen LogP contribution < -0.4 is 20.3 Å². The number of likely N-dealkylation sites (N-methyl/N-ethyl adjacent to an activating group) is 1. The minimum absolute atomic E-state index is 0.0654. The van der Waals surface area contributed by atoms with Gasteiger partial charge in [-0.15, -0.1) is 0 Å². The Morgan fingerprint density at radius 2 is 1.91 bits per heavy atom. The van der Waals surface area contributed by atoms with Gasteiger partial charge < -0.3 is 20.3 Å². The molecule has 0 aliphatic heterocycles. The van der Waals surface area contributed by atoms with Crippen molar-refractivity contribution in [3.8, 4) is 5.75 Å². The third-order valence-corrected chi connectivity index (χ3v) is 3.30. The number of rotatable bonds is 8. The summed E-state index contributed by atoms with van der Waals surface area (Å²) in [6, 6.07) is 5.00. The number of carbonyl (C=O) groups is 2. The van der Waals surface area contributed by atoms with Crippen LogP contribution in [0.25, 0.3) is 0 Å². The summed E-state index contributed by atoms with van der Waals surface area (Å²) in [7, 11) is 3.32. The molecule has 1 unspecified atom stereocenters. The maximum atomic E-state index is 12.1. The lowest BCUT2D eigenvalue weighted by Crippen LogP contribution is -3.11. The Hall–Kier alpha value is -1.79. The van der Waals surface area contributed by atoms with E-state index < -0.39 is 0 Å². The molecule has 0 aliphatic rings. The van der Waals surface area contributed by atoms with Crippen molar-refractivity contribution in [3.63, 3.8) is 0 Å². The fourth-order valence-electron chi connectivity index (χ4n) is 1.96. The number of hydrogen-bond acceptors (Lipinski definition) is 3. The van der Waals surface area contributed by atoms with E-state index in [0.29, 0.717) is 28.9 Å². The van der Waals surface area contributed by atoms with Crippen LogP contribution in [0.15, 0.2) is 18.2 Å². The lowest BCUT2D eigenvalue weighted by Gasteiger charge is -2.15. The number of ether oxygens (including phenoxy) is 1. The Kier molecular flexibility index (Phi) is 7.85. The average molecular weight is 343 g/mol. The van der Waals surface area contributed by atoms with Gasteiger partial charge in [0.15, 0.2) is 13.1 Å². The molecule has 1 aromatic carbocycles. The van der Waals surface area contributed by atoms with Crippen LogP contribution in [0.4, 0.5) is 5.69 Å². The fraction of sp³-hybridized carbons (Fsp3) is 0.500. The molecule has 3 N–H and O–H groups in total.